The van der Waals surface area contributed by atoms with Crippen molar-refractivity contribution in [2.75, 3.05) is 13.2 Å². The molecule has 0 bridgehead atoms. The molecule has 0 fully saturated rings. The van der Waals surface area contributed by atoms with E-state index in [9.17, 15) is 5.11 Å². The van der Waals surface area contributed by atoms with E-state index in [0.717, 1.165) is 11.1 Å². The molecule has 0 aliphatic rings. The van der Waals surface area contributed by atoms with E-state index in [4.69, 9.17) is 9.84 Å². The van der Waals surface area contributed by atoms with Crippen molar-refractivity contribution in [1.82, 2.24) is 0 Å². The molecule has 0 saturated carbocycles. The van der Waals surface area contributed by atoms with Crippen LogP contribution in [0.1, 0.15) is 24.2 Å². The summed E-state index contributed by atoms with van der Waals surface area (Å²) in [5, 5.41) is 18.1. The van der Waals surface area contributed by atoms with Crippen LogP contribution in [0.5, 0.6) is 5.75 Å². The van der Waals surface area contributed by atoms with Crippen molar-refractivity contribution in [2.45, 2.75) is 20.0 Å². The lowest BCUT2D eigenvalue weighted by molar-refractivity contribution is 0.177. The Kier molecular flexibility index (Phi) is 3.92. The highest BCUT2D eigenvalue weighted by Crippen LogP contribution is 2.25. The summed E-state index contributed by atoms with van der Waals surface area (Å²) < 4.78 is 5.29. The molecule has 0 amide bonds. The Bertz CT molecular complexity index is 295. The SMILES string of the molecule is Cc1ccc(OCCO)c([C@@H](C)O)c1. The summed E-state index contributed by atoms with van der Waals surface area (Å²) in [6.07, 6.45) is -0.552. The van der Waals surface area contributed by atoms with Gasteiger partial charge in [-0.1, -0.05) is 11.6 Å². The second-order valence-corrected chi connectivity index (χ2v) is 3.29. The fourth-order valence-corrected chi connectivity index (χ4v) is 1.28. The van der Waals surface area contributed by atoms with Crippen LogP contribution in [0.2, 0.25) is 0 Å². The number of hydrogen-bond donors (Lipinski definition) is 2. The summed E-state index contributed by atoms with van der Waals surface area (Å²) >= 11 is 0. The van der Waals surface area contributed by atoms with Gasteiger partial charge in [-0.25, -0.2) is 0 Å². The first-order chi connectivity index (χ1) is 6.65. The molecule has 0 aromatic heterocycles. The van der Waals surface area contributed by atoms with Gasteiger partial charge in [-0.3, -0.25) is 0 Å². The van der Waals surface area contributed by atoms with Crippen LogP contribution in [0.25, 0.3) is 0 Å². The molecule has 0 radical (unpaired) electrons. The fraction of sp³-hybridized carbons (Fsp3) is 0.455. The molecule has 0 spiro atoms. The molecule has 0 saturated heterocycles. The minimum Gasteiger partial charge on any atom is -0.491 e. The van der Waals surface area contributed by atoms with E-state index in [1.54, 1.807) is 6.92 Å². The smallest absolute Gasteiger partial charge is 0.125 e. The van der Waals surface area contributed by atoms with Crippen molar-refractivity contribution >= 4 is 0 Å². The number of hydrogen-bond acceptors (Lipinski definition) is 3. The van der Waals surface area contributed by atoms with Crippen LogP contribution in [-0.2, 0) is 0 Å². The number of aliphatic hydroxyl groups is 2. The number of ether oxygens (including phenoxy) is 1. The van der Waals surface area contributed by atoms with Gasteiger partial charge in [0.05, 0.1) is 12.7 Å². The molecular formula is C11H16O3. The lowest BCUT2D eigenvalue weighted by atomic mass is 10.1. The highest BCUT2D eigenvalue weighted by Gasteiger charge is 2.08. The van der Waals surface area contributed by atoms with Crippen molar-refractivity contribution in [3.05, 3.63) is 29.3 Å². The first-order valence-electron chi connectivity index (χ1n) is 4.67. The zero-order valence-corrected chi connectivity index (χ0v) is 8.53. The Morgan fingerprint density at radius 1 is 1.43 bits per heavy atom. The van der Waals surface area contributed by atoms with E-state index in [2.05, 4.69) is 0 Å². The van der Waals surface area contributed by atoms with Gasteiger partial charge in [0.25, 0.3) is 0 Å². The molecule has 14 heavy (non-hydrogen) atoms. The average Bonchev–Trinajstić information content (AvgIpc) is 2.15. The zero-order chi connectivity index (χ0) is 10.6. The third-order valence-electron chi connectivity index (χ3n) is 1.96. The van der Waals surface area contributed by atoms with E-state index >= 15 is 0 Å². The fourth-order valence-electron chi connectivity index (χ4n) is 1.28. The maximum atomic E-state index is 9.49. The molecule has 1 aromatic carbocycles. The largest absolute Gasteiger partial charge is 0.491 e. The van der Waals surface area contributed by atoms with Crippen LogP contribution in [0.15, 0.2) is 18.2 Å². The summed E-state index contributed by atoms with van der Waals surface area (Å²) in [4.78, 5) is 0. The van der Waals surface area contributed by atoms with Gasteiger partial charge in [0, 0.05) is 5.56 Å². The van der Waals surface area contributed by atoms with Crippen molar-refractivity contribution < 1.29 is 14.9 Å². The van der Waals surface area contributed by atoms with Crippen molar-refractivity contribution in [2.24, 2.45) is 0 Å². The lowest BCUT2D eigenvalue weighted by Crippen LogP contribution is -2.05. The van der Waals surface area contributed by atoms with Crippen LogP contribution in [-0.4, -0.2) is 23.4 Å². The molecule has 0 unspecified atom stereocenters. The number of benzene rings is 1. The molecule has 1 aromatic rings. The van der Waals surface area contributed by atoms with Crippen LogP contribution in [0.4, 0.5) is 0 Å². The Balaban J connectivity index is 2.90. The molecule has 3 nitrogen and oxygen atoms in total. The van der Waals surface area contributed by atoms with Crippen molar-refractivity contribution in [1.29, 1.82) is 0 Å². The van der Waals surface area contributed by atoms with E-state index in [-0.39, 0.29) is 13.2 Å². The zero-order valence-electron chi connectivity index (χ0n) is 8.53. The van der Waals surface area contributed by atoms with Gasteiger partial charge in [-0.15, -0.1) is 0 Å². The van der Waals surface area contributed by atoms with E-state index in [0.29, 0.717) is 5.75 Å². The first kappa shape index (κ1) is 11.0. The summed E-state index contributed by atoms with van der Waals surface area (Å²) in [5.74, 6) is 0.639. The summed E-state index contributed by atoms with van der Waals surface area (Å²) in [6.45, 7) is 3.89. The second-order valence-electron chi connectivity index (χ2n) is 3.29. The normalized spacial score (nSPS) is 12.6. The molecule has 2 N–H and O–H groups in total. The maximum absolute atomic E-state index is 9.49. The summed E-state index contributed by atoms with van der Waals surface area (Å²) in [6, 6.07) is 5.61. The van der Waals surface area contributed by atoms with Gasteiger partial charge >= 0.3 is 0 Å². The molecule has 0 aliphatic carbocycles. The van der Waals surface area contributed by atoms with Crippen LogP contribution in [0, 0.1) is 6.92 Å². The highest BCUT2D eigenvalue weighted by molar-refractivity contribution is 5.38. The minimum absolute atomic E-state index is 0.0207. The minimum atomic E-state index is -0.552. The molecule has 78 valence electrons. The van der Waals surface area contributed by atoms with E-state index < -0.39 is 6.10 Å². The van der Waals surface area contributed by atoms with Gasteiger partial charge < -0.3 is 14.9 Å². The van der Waals surface area contributed by atoms with Gasteiger partial charge in [-0.2, -0.15) is 0 Å². The Morgan fingerprint density at radius 2 is 2.14 bits per heavy atom. The average molecular weight is 196 g/mol. The number of rotatable bonds is 4. The third-order valence-corrected chi connectivity index (χ3v) is 1.96. The first-order valence-corrected chi connectivity index (χ1v) is 4.67. The molecule has 1 atom stereocenters. The molecule has 1 rings (SSSR count). The van der Waals surface area contributed by atoms with Gasteiger partial charge in [0.15, 0.2) is 0 Å². The van der Waals surface area contributed by atoms with Gasteiger partial charge in [-0.05, 0) is 26.0 Å². The van der Waals surface area contributed by atoms with E-state index in [1.807, 2.05) is 25.1 Å². The van der Waals surface area contributed by atoms with Gasteiger partial charge in [0.2, 0.25) is 0 Å². The molecule has 0 heterocycles. The summed E-state index contributed by atoms with van der Waals surface area (Å²) in [7, 11) is 0. The predicted octanol–water partition coefficient (Wildman–Crippen LogP) is 1.42. The van der Waals surface area contributed by atoms with E-state index in [1.165, 1.54) is 0 Å². The molecule has 0 aliphatic heterocycles. The van der Waals surface area contributed by atoms with Crippen LogP contribution in [0.3, 0.4) is 0 Å². The Morgan fingerprint density at radius 3 is 2.71 bits per heavy atom. The molecular weight excluding hydrogens is 180 g/mol. The van der Waals surface area contributed by atoms with Gasteiger partial charge in [0.1, 0.15) is 12.4 Å². The Labute approximate surface area is 84.0 Å². The van der Waals surface area contributed by atoms with Crippen molar-refractivity contribution in [3.63, 3.8) is 0 Å². The summed E-state index contributed by atoms with van der Waals surface area (Å²) in [5.41, 5.74) is 1.84. The molecule has 3 heteroatoms. The third kappa shape index (κ3) is 2.72. The second kappa shape index (κ2) is 4.98. The quantitative estimate of drug-likeness (QED) is 0.765. The highest BCUT2D eigenvalue weighted by atomic mass is 16.5. The van der Waals surface area contributed by atoms with Crippen molar-refractivity contribution in [3.8, 4) is 5.75 Å². The number of aryl methyl sites for hydroxylation is 1. The predicted molar refractivity (Wildman–Crippen MR) is 54.4 cm³/mol. The standard InChI is InChI=1S/C11H16O3/c1-8-3-4-11(14-6-5-12)10(7-8)9(2)13/h3-4,7,9,12-13H,5-6H2,1-2H3/t9-/m1/s1. The van der Waals surface area contributed by atoms with Crippen LogP contribution >= 0.6 is 0 Å². The topological polar surface area (TPSA) is 49.7 Å². The monoisotopic (exact) mass is 196 g/mol. The number of aliphatic hydroxyl groups excluding tert-OH is 2. The maximum Gasteiger partial charge on any atom is 0.125 e. The van der Waals surface area contributed by atoms with Crippen LogP contribution < -0.4 is 4.74 Å². The Hall–Kier alpha value is -1.06. The lowest BCUT2D eigenvalue weighted by Gasteiger charge is -2.13.